The molecule has 0 aromatic heterocycles. The van der Waals surface area contributed by atoms with Gasteiger partial charge in [0.2, 0.25) is 0 Å². The largest absolute Gasteiger partial charge is 0.0952 e. The fourth-order valence-corrected chi connectivity index (χ4v) is 2.19. The van der Waals surface area contributed by atoms with Crippen molar-refractivity contribution in [2.75, 3.05) is 0 Å². The van der Waals surface area contributed by atoms with Crippen LogP contribution in [0.25, 0.3) is 11.6 Å². The topological polar surface area (TPSA) is 0 Å². The third-order valence-corrected chi connectivity index (χ3v) is 2.93. The highest BCUT2D eigenvalue weighted by molar-refractivity contribution is 5.79. The van der Waals surface area contributed by atoms with Crippen LogP contribution in [0.15, 0.2) is 24.8 Å². The smallest absolute Gasteiger partial charge is 0.0123 e. The number of hydrogen-bond acceptors (Lipinski definition) is 0. The first-order chi connectivity index (χ1) is 6.74. The Balaban J connectivity index is 2.68. The minimum Gasteiger partial charge on any atom is -0.0952 e. The van der Waals surface area contributed by atoms with E-state index in [1.807, 2.05) is 0 Å². The molecule has 1 aliphatic rings. The molecule has 1 aliphatic carbocycles. The molecule has 1 aromatic carbocycles. The molecule has 0 nitrogen and oxygen atoms in total. The van der Waals surface area contributed by atoms with Crippen molar-refractivity contribution >= 4 is 11.6 Å². The Morgan fingerprint density at radius 1 is 1.29 bits per heavy atom. The van der Waals surface area contributed by atoms with Crippen LogP contribution in [0.2, 0.25) is 0 Å². The lowest BCUT2D eigenvalue weighted by atomic mass is 9.96. The Hall–Kier alpha value is -1.30. The van der Waals surface area contributed by atoms with Crippen molar-refractivity contribution in [1.29, 1.82) is 0 Å². The van der Waals surface area contributed by atoms with Gasteiger partial charge >= 0.3 is 0 Å². The van der Waals surface area contributed by atoms with Crippen LogP contribution in [0.5, 0.6) is 0 Å². The van der Waals surface area contributed by atoms with Gasteiger partial charge in [0.25, 0.3) is 0 Å². The van der Waals surface area contributed by atoms with E-state index in [1.54, 1.807) is 0 Å². The Kier molecular flexibility index (Phi) is 2.28. The first-order valence-corrected chi connectivity index (χ1v) is 5.17. The normalized spacial score (nSPS) is 15.1. The zero-order valence-electron chi connectivity index (χ0n) is 8.93. The molecule has 0 saturated heterocycles. The standard InChI is InChI=1S/C14H16/c1-4-5-13-10(2)6-8-12-9-7-11(3)14(12)13/h4-6,8H,3,7,9H2,1-2H3/b5-4-. The summed E-state index contributed by atoms with van der Waals surface area (Å²) in [6.45, 7) is 8.38. The monoisotopic (exact) mass is 184 g/mol. The Morgan fingerprint density at radius 3 is 2.79 bits per heavy atom. The highest BCUT2D eigenvalue weighted by Gasteiger charge is 2.17. The van der Waals surface area contributed by atoms with Crippen LogP contribution in [0.3, 0.4) is 0 Å². The minimum absolute atomic E-state index is 1.13. The molecule has 0 saturated carbocycles. The summed E-state index contributed by atoms with van der Waals surface area (Å²) in [5.41, 5.74) is 6.89. The molecule has 0 heterocycles. The van der Waals surface area contributed by atoms with Gasteiger partial charge in [0.15, 0.2) is 0 Å². The van der Waals surface area contributed by atoms with Gasteiger partial charge in [0, 0.05) is 0 Å². The summed E-state index contributed by atoms with van der Waals surface area (Å²) in [5.74, 6) is 0. The van der Waals surface area contributed by atoms with Crippen LogP contribution >= 0.6 is 0 Å². The zero-order chi connectivity index (χ0) is 10.1. The first kappa shape index (κ1) is 9.26. The minimum atomic E-state index is 1.13. The summed E-state index contributed by atoms with van der Waals surface area (Å²) in [4.78, 5) is 0. The number of benzene rings is 1. The zero-order valence-corrected chi connectivity index (χ0v) is 8.93. The molecule has 0 fully saturated rings. The third-order valence-electron chi connectivity index (χ3n) is 2.93. The predicted octanol–water partition coefficient (Wildman–Crippen LogP) is 3.99. The fourth-order valence-electron chi connectivity index (χ4n) is 2.19. The van der Waals surface area contributed by atoms with E-state index in [0.717, 1.165) is 6.42 Å². The number of aryl methyl sites for hydroxylation is 2. The molecular weight excluding hydrogens is 168 g/mol. The van der Waals surface area contributed by atoms with E-state index in [-0.39, 0.29) is 0 Å². The van der Waals surface area contributed by atoms with Crippen molar-refractivity contribution in [3.8, 4) is 0 Å². The SMILES string of the molecule is C=C1CCc2ccc(C)c(/C=C\C)c21. The van der Waals surface area contributed by atoms with Gasteiger partial charge in [-0.05, 0) is 54.5 Å². The van der Waals surface area contributed by atoms with Crippen LogP contribution in [-0.2, 0) is 6.42 Å². The summed E-state index contributed by atoms with van der Waals surface area (Å²) in [6, 6.07) is 4.46. The third kappa shape index (κ3) is 1.31. The quantitative estimate of drug-likeness (QED) is 0.619. The predicted molar refractivity (Wildman–Crippen MR) is 63.2 cm³/mol. The highest BCUT2D eigenvalue weighted by atomic mass is 14.2. The molecule has 1 aromatic rings. The second kappa shape index (κ2) is 3.45. The molecule has 0 N–H and O–H groups in total. The summed E-state index contributed by atoms with van der Waals surface area (Å²) < 4.78 is 0. The van der Waals surface area contributed by atoms with Crippen molar-refractivity contribution in [1.82, 2.24) is 0 Å². The molecule has 2 rings (SSSR count). The van der Waals surface area contributed by atoms with Crippen LogP contribution in [-0.4, -0.2) is 0 Å². The molecule has 0 amide bonds. The number of fused-ring (bicyclic) bond motifs is 1. The Bertz CT molecular complexity index is 408. The first-order valence-electron chi connectivity index (χ1n) is 5.17. The molecule has 0 heteroatoms. The summed E-state index contributed by atoms with van der Waals surface area (Å²) in [5, 5.41) is 0. The molecule has 72 valence electrons. The maximum Gasteiger partial charge on any atom is -0.0123 e. The van der Waals surface area contributed by atoms with Crippen LogP contribution in [0.4, 0.5) is 0 Å². The van der Waals surface area contributed by atoms with Gasteiger partial charge in [-0.25, -0.2) is 0 Å². The number of rotatable bonds is 1. The average molecular weight is 184 g/mol. The van der Waals surface area contributed by atoms with E-state index < -0.39 is 0 Å². The van der Waals surface area contributed by atoms with E-state index in [1.165, 1.54) is 34.2 Å². The van der Waals surface area contributed by atoms with Crippen molar-refractivity contribution in [2.24, 2.45) is 0 Å². The second-order valence-electron chi connectivity index (χ2n) is 3.93. The summed E-state index contributed by atoms with van der Waals surface area (Å²) in [7, 11) is 0. The molecule has 0 bridgehead atoms. The van der Waals surface area contributed by atoms with Crippen LogP contribution < -0.4 is 0 Å². The number of allylic oxidation sites excluding steroid dienone is 2. The van der Waals surface area contributed by atoms with Gasteiger partial charge < -0.3 is 0 Å². The van der Waals surface area contributed by atoms with Crippen LogP contribution in [0.1, 0.15) is 35.6 Å². The van der Waals surface area contributed by atoms with Crippen molar-refractivity contribution < 1.29 is 0 Å². The lowest BCUT2D eigenvalue weighted by Crippen LogP contribution is -1.90. The molecule has 0 radical (unpaired) electrons. The lowest BCUT2D eigenvalue weighted by molar-refractivity contribution is 1.08. The molecule has 0 spiro atoms. The van der Waals surface area contributed by atoms with Crippen molar-refractivity contribution in [3.63, 3.8) is 0 Å². The van der Waals surface area contributed by atoms with Gasteiger partial charge in [-0.15, -0.1) is 0 Å². The molecule has 0 unspecified atom stereocenters. The lowest BCUT2D eigenvalue weighted by Gasteiger charge is -2.08. The maximum absolute atomic E-state index is 4.15. The Labute approximate surface area is 86.0 Å². The van der Waals surface area contributed by atoms with E-state index in [4.69, 9.17) is 0 Å². The Morgan fingerprint density at radius 2 is 2.07 bits per heavy atom. The average Bonchev–Trinajstić information content (AvgIpc) is 2.53. The number of hydrogen-bond donors (Lipinski definition) is 0. The second-order valence-corrected chi connectivity index (χ2v) is 3.93. The molecule has 0 atom stereocenters. The van der Waals surface area contributed by atoms with E-state index in [0.29, 0.717) is 0 Å². The maximum atomic E-state index is 4.15. The van der Waals surface area contributed by atoms with E-state index in [9.17, 15) is 0 Å². The summed E-state index contributed by atoms with van der Waals surface area (Å²) >= 11 is 0. The summed E-state index contributed by atoms with van der Waals surface area (Å²) in [6.07, 6.45) is 6.60. The molecule has 14 heavy (non-hydrogen) atoms. The van der Waals surface area contributed by atoms with E-state index in [2.05, 4.69) is 44.7 Å². The highest BCUT2D eigenvalue weighted by Crippen LogP contribution is 2.35. The molecule has 0 aliphatic heterocycles. The van der Waals surface area contributed by atoms with Crippen molar-refractivity contribution in [2.45, 2.75) is 26.7 Å². The van der Waals surface area contributed by atoms with Gasteiger partial charge in [-0.3, -0.25) is 0 Å². The fraction of sp³-hybridized carbons (Fsp3) is 0.286. The van der Waals surface area contributed by atoms with Crippen molar-refractivity contribution in [3.05, 3.63) is 47.0 Å². The molecular formula is C14H16. The van der Waals surface area contributed by atoms with Gasteiger partial charge in [-0.1, -0.05) is 30.9 Å². The van der Waals surface area contributed by atoms with Gasteiger partial charge in [0.1, 0.15) is 0 Å². The van der Waals surface area contributed by atoms with Gasteiger partial charge in [0.05, 0.1) is 0 Å². The van der Waals surface area contributed by atoms with Crippen LogP contribution in [0, 0.1) is 6.92 Å². The van der Waals surface area contributed by atoms with E-state index >= 15 is 0 Å². The van der Waals surface area contributed by atoms with Gasteiger partial charge in [-0.2, -0.15) is 0 Å².